The van der Waals surface area contributed by atoms with Gasteiger partial charge in [-0.1, -0.05) is 41.9 Å². The van der Waals surface area contributed by atoms with E-state index in [2.05, 4.69) is 29.3 Å². The number of ether oxygens (including phenoxy) is 2. The van der Waals surface area contributed by atoms with Crippen molar-refractivity contribution in [2.24, 2.45) is 5.10 Å². The maximum absolute atomic E-state index is 6.36. The van der Waals surface area contributed by atoms with E-state index in [1.165, 1.54) is 5.56 Å². The number of hydrazone groups is 1. The Hall–Kier alpha value is -2.98. The van der Waals surface area contributed by atoms with Gasteiger partial charge in [-0.3, -0.25) is 0 Å². The fourth-order valence-electron chi connectivity index (χ4n) is 3.97. The first-order valence-electron chi connectivity index (χ1n) is 9.83. The van der Waals surface area contributed by atoms with Gasteiger partial charge in [-0.25, -0.2) is 5.01 Å². The molecule has 3 aromatic carbocycles. The summed E-state index contributed by atoms with van der Waals surface area (Å²) in [5.41, 5.74) is 4.36. The van der Waals surface area contributed by atoms with Crippen LogP contribution >= 0.6 is 11.6 Å². The zero-order valence-electron chi connectivity index (χ0n) is 16.1. The monoisotopic (exact) mass is 404 g/mol. The Morgan fingerprint density at radius 3 is 2.55 bits per heavy atom. The number of hydrogen-bond donors (Lipinski definition) is 0. The van der Waals surface area contributed by atoms with E-state index in [-0.39, 0.29) is 12.3 Å². The Labute approximate surface area is 175 Å². The Morgan fingerprint density at radius 1 is 1.03 bits per heavy atom. The minimum Gasteiger partial charge on any atom is -0.494 e. The third-order valence-electron chi connectivity index (χ3n) is 5.35. The molecule has 0 radical (unpaired) electrons. The van der Waals surface area contributed by atoms with Crippen LogP contribution in [0.3, 0.4) is 0 Å². The van der Waals surface area contributed by atoms with E-state index in [1.54, 1.807) is 0 Å². The summed E-state index contributed by atoms with van der Waals surface area (Å²) in [5, 5.41) is 7.78. The molecule has 0 saturated carbocycles. The first-order valence-corrected chi connectivity index (χ1v) is 10.2. The largest absolute Gasteiger partial charge is 0.494 e. The van der Waals surface area contributed by atoms with Gasteiger partial charge in [0.2, 0.25) is 6.23 Å². The summed E-state index contributed by atoms with van der Waals surface area (Å²) in [4.78, 5) is 0. The van der Waals surface area contributed by atoms with Crippen LogP contribution in [0.15, 0.2) is 77.9 Å². The van der Waals surface area contributed by atoms with Crippen LogP contribution in [0.1, 0.15) is 42.3 Å². The second-order valence-corrected chi connectivity index (χ2v) is 7.60. The van der Waals surface area contributed by atoms with Gasteiger partial charge in [0.25, 0.3) is 0 Å². The molecule has 4 nitrogen and oxygen atoms in total. The maximum Gasteiger partial charge on any atom is 0.213 e. The van der Waals surface area contributed by atoms with E-state index in [0.717, 1.165) is 34.8 Å². The molecule has 0 aliphatic carbocycles. The van der Waals surface area contributed by atoms with Crippen LogP contribution in [0.2, 0.25) is 5.02 Å². The van der Waals surface area contributed by atoms with Crippen molar-refractivity contribution >= 4 is 17.3 Å². The standard InChI is InChI=1S/C24H21ClN2O2/c1-2-28-19-13-9-16(10-14-19)21-15-22-20-5-3-4-6-23(20)29-24(27(22)26-21)17-7-11-18(25)12-8-17/h3-14,22,24H,2,15H2,1H3. The molecular weight excluding hydrogens is 384 g/mol. The van der Waals surface area contributed by atoms with E-state index in [0.29, 0.717) is 11.6 Å². The fraction of sp³-hybridized carbons (Fsp3) is 0.208. The predicted molar refractivity (Wildman–Crippen MR) is 115 cm³/mol. The molecular formula is C24H21ClN2O2. The van der Waals surface area contributed by atoms with Gasteiger partial charge < -0.3 is 9.47 Å². The number of nitrogens with zero attached hydrogens (tertiary/aromatic N) is 2. The summed E-state index contributed by atoms with van der Waals surface area (Å²) in [6, 6.07) is 24.3. The second-order valence-electron chi connectivity index (χ2n) is 7.16. The molecule has 3 aromatic rings. The lowest BCUT2D eigenvalue weighted by atomic mass is 9.96. The van der Waals surface area contributed by atoms with E-state index in [1.807, 2.05) is 55.5 Å². The zero-order valence-corrected chi connectivity index (χ0v) is 16.8. The Kier molecular flexibility index (Phi) is 4.64. The minimum atomic E-state index is -0.285. The number of fused-ring (bicyclic) bond motifs is 3. The SMILES string of the molecule is CCOc1ccc(C2=NN3C(C2)c2ccccc2OC3c2ccc(Cl)cc2)cc1. The summed E-state index contributed by atoms with van der Waals surface area (Å²) in [7, 11) is 0. The zero-order chi connectivity index (χ0) is 19.8. The topological polar surface area (TPSA) is 34.1 Å². The van der Waals surface area contributed by atoms with Crippen molar-refractivity contribution in [2.45, 2.75) is 25.6 Å². The summed E-state index contributed by atoms with van der Waals surface area (Å²) < 4.78 is 11.9. The molecule has 0 N–H and O–H groups in total. The number of halogens is 1. The quantitative estimate of drug-likeness (QED) is 0.536. The number of hydrogen-bond acceptors (Lipinski definition) is 4. The van der Waals surface area contributed by atoms with E-state index >= 15 is 0 Å². The van der Waals surface area contributed by atoms with Crippen molar-refractivity contribution < 1.29 is 9.47 Å². The van der Waals surface area contributed by atoms with Gasteiger partial charge in [0, 0.05) is 22.6 Å². The highest BCUT2D eigenvalue weighted by Crippen LogP contribution is 2.47. The Bertz CT molecular complexity index is 1050. The van der Waals surface area contributed by atoms with Crippen molar-refractivity contribution in [1.29, 1.82) is 0 Å². The molecule has 5 rings (SSSR count). The van der Waals surface area contributed by atoms with Gasteiger partial charge in [-0.2, -0.15) is 5.10 Å². The van der Waals surface area contributed by atoms with Crippen LogP contribution in [-0.4, -0.2) is 17.3 Å². The van der Waals surface area contributed by atoms with Crippen molar-refractivity contribution in [2.75, 3.05) is 6.61 Å². The second kappa shape index (κ2) is 7.45. The summed E-state index contributed by atoms with van der Waals surface area (Å²) in [6.45, 7) is 2.65. The maximum atomic E-state index is 6.36. The van der Waals surface area contributed by atoms with Crippen molar-refractivity contribution in [3.63, 3.8) is 0 Å². The molecule has 2 aliphatic heterocycles. The Balaban J connectivity index is 1.52. The van der Waals surface area contributed by atoms with E-state index in [9.17, 15) is 0 Å². The first-order chi connectivity index (χ1) is 14.2. The lowest BCUT2D eigenvalue weighted by Gasteiger charge is -2.38. The van der Waals surface area contributed by atoms with E-state index in [4.69, 9.17) is 26.2 Å². The van der Waals surface area contributed by atoms with Crippen LogP contribution in [-0.2, 0) is 0 Å². The number of benzene rings is 3. The molecule has 0 saturated heterocycles. The molecule has 0 aromatic heterocycles. The molecule has 0 amide bonds. The Morgan fingerprint density at radius 2 is 1.79 bits per heavy atom. The van der Waals surface area contributed by atoms with Gasteiger partial charge in [0.1, 0.15) is 11.5 Å². The molecule has 2 atom stereocenters. The van der Waals surface area contributed by atoms with Gasteiger partial charge >= 0.3 is 0 Å². The lowest BCUT2D eigenvalue weighted by molar-refractivity contribution is -0.0190. The fourth-order valence-corrected chi connectivity index (χ4v) is 4.09. The summed E-state index contributed by atoms with van der Waals surface area (Å²) in [6.07, 6.45) is 0.547. The number of rotatable bonds is 4. The predicted octanol–water partition coefficient (Wildman–Crippen LogP) is 5.98. The summed E-state index contributed by atoms with van der Waals surface area (Å²) >= 11 is 6.09. The highest BCUT2D eigenvalue weighted by atomic mass is 35.5. The highest BCUT2D eigenvalue weighted by molar-refractivity contribution is 6.30. The molecule has 5 heteroatoms. The van der Waals surface area contributed by atoms with Gasteiger partial charge in [-0.15, -0.1) is 0 Å². The molecule has 0 bridgehead atoms. The van der Waals surface area contributed by atoms with Crippen LogP contribution in [0.25, 0.3) is 0 Å². The van der Waals surface area contributed by atoms with Crippen LogP contribution in [0.5, 0.6) is 11.5 Å². The van der Waals surface area contributed by atoms with Gasteiger partial charge in [-0.05, 0) is 55.0 Å². The minimum absolute atomic E-state index is 0.141. The molecule has 29 heavy (non-hydrogen) atoms. The first kappa shape index (κ1) is 18.1. The lowest BCUT2D eigenvalue weighted by Crippen LogP contribution is -2.33. The van der Waals surface area contributed by atoms with Crippen LogP contribution in [0.4, 0.5) is 0 Å². The van der Waals surface area contributed by atoms with Crippen LogP contribution in [0, 0.1) is 0 Å². The third-order valence-corrected chi connectivity index (χ3v) is 5.60. The molecule has 146 valence electrons. The average Bonchev–Trinajstić information content (AvgIpc) is 3.20. The molecule has 2 aliphatic rings. The van der Waals surface area contributed by atoms with Crippen molar-refractivity contribution in [3.05, 3.63) is 94.5 Å². The highest BCUT2D eigenvalue weighted by Gasteiger charge is 2.40. The summed E-state index contributed by atoms with van der Waals surface area (Å²) in [5.74, 6) is 1.79. The van der Waals surface area contributed by atoms with Crippen molar-refractivity contribution in [3.8, 4) is 11.5 Å². The molecule has 2 unspecified atom stereocenters. The van der Waals surface area contributed by atoms with Crippen molar-refractivity contribution in [1.82, 2.24) is 5.01 Å². The third kappa shape index (κ3) is 3.34. The van der Waals surface area contributed by atoms with Gasteiger partial charge in [0.05, 0.1) is 18.4 Å². The molecule has 2 heterocycles. The smallest absolute Gasteiger partial charge is 0.213 e. The van der Waals surface area contributed by atoms with Crippen LogP contribution < -0.4 is 9.47 Å². The van der Waals surface area contributed by atoms with E-state index < -0.39 is 0 Å². The molecule has 0 spiro atoms. The average molecular weight is 405 g/mol. The normalized spacial score (nSPS) is 19.8. The molecule has 0 fully saturated rings. The number of para-hydroxylation sites is 1. The van der Waals surface area contributed by atoms with Gasteiger partial charge in [0.15, 0.2) is 0 Å².